The molecule has 0 aromatic heterocycles. The fraction of sp³-hybridized carbons (Fsp3) is 0.375. The maximum atomic E-state index is 12.5. The minimum Gasteiger partial charge on any atom is -0.488 e. The Morgan fingerprint density at radius 3 is 2.60 bits per heavy atom. The van der Waals surface area contributed by atoms with Gasteiger partial charge in [0, 0.05) is 49.3 Å². The molecule has 2 aromatic rings. The lowest BCUT2D eigenvalue weighted by Crippen LogP contribution is -2.46. The summed E-state index contributed by atoms with van der Waals surface area (Å²) >= 11 is 3.46. The van der Waals surface area contributed by atoms with E-state index < -0.39 is 0 Å². The number of hydrogen-bond donors (Lipinski definition) is 1. The number of piperazine rings is 1. The molecule has 2 aliphatic heterocycles. The molecule has 5 nitrogen and oxygen atoms in total. The Morgan fingerprint density at radius 1 is 1.03 bits per heavy atom. The first-order valence-electron chi connectivity index (χ1n) is 10.6. The lowest BCUT2D eigenvalue weighted by molar-refractivity contribution is -0.117. The van der Waals surface area contributed by atoms with E-state index in [4.69, 9.17) is 4.74 Å². The molecule has 2 aromatic carbocycles. The number of rotatable bonds is 7. The molecule has 0 aliphatic carbocycles. The van der Waals surface area contributed by atoms with Crippen molar-refractivity contribution >= 4 is 27.9 Å². The third-order valence-corrected chi connectivity index (χ3v) is 6.12. The van der Waals surface area contributed by atoms with E-state index in [9.17, 15) is 4.79 Å². The summed E-state index contributed by atoms with van der Waals surface area (Å²) < 4.78 is 6.68. The van der Waals surface area contributed by atoms with Crippen LogP contribution in [0.1, 0.15) is 17.5 Å². The van der Waals surface area contributed by atoms with Crippen molar-refractivity contribution in [2.45, 2.75) is 13.0 Å². The maximum absolute atomic E-state index is 12.5. The first kappa shape index (κ1) is 21.1. The number of carbonyl (C=O) groups excluding carboxylic acids is 1. The lowest BCUT2D eigenvalue weighted by atomic mass is 10.1. The van der Waals surface area contributed by atoms with Crippen LogP contribution >= 0.6 is 15.9 Å². The molecule has 0 unspecified atom stereocenters. The zero-order valence-corrected chi connectivity index (χ0v) is 18.7. The molecule has 30 heavy (non-hydrogen) atoms. The van der Waals surface area contributed by atoms with E-state index in [-0.39, 0.29) is 5.91 Å². The van der Waals surface area contributed by atoms with Gasteiger partial charge in [0.05, 0.1) is 5.57 Å². The average Bonchev–Trinajstić information content (AvgIpc) is 2.78. The molecule has 158 valence electrons. The topological polar surface area (TPSA) is 44.8 Å². The minimum atomic E-state index is -0.0340. The van der Waals surface area contributed by atoms with Crippen LogP contribution in [0.15, 0.2) is 58.6 Å². The van der Waals surface area contributed by atoms with Crippen molar-refractivity contribution in [3.05, 3.63) is 69.7 Å². The van der Waals surface area contributed by atoms with Crippen molar-refractivity contribution in [1.82, 2.24) is 15.1 Å². The van der Waals surface area contributed by atoms with Gasteiger partial charge in [-0.3, -0.25) is 9.69 Å². The van der Waals surface area contributed by atoms with Crippen LogP contribution in [-0.2, 0) is 11.3 Å². The summed E-state index contributed by atoms with van der Waals surface area (Å²) in [7, 11) is 0. The predicted octanol–water partition coefficient (Wildman–Crippen LogP) is 3.55. The van der Waals surface area contributed by atoms with Crippen LogP contribution in [0.3, 0.4) is 0 Å². The van der Waals surface area contributed by atoms with E-state index >= 15 is 0 Å². The summed E-state index contributed by atoms with van der Waals surface area (Å²) in [6.45, 7) is 7.43. The van der Waals surface area contributed by atoms with E-state index in [0.717, 1.165) is 61.5 Å². The van der Waals surface area contributed by atoms with Gasteiger partial charge >= 0.3 is 0 Å². The van der Waals surface area contributed by atoms with Crippen molar-refractivity contribution in [1.29, 1.82) is 0 Å². The highest BCUT2D eigenvalue weighted by Gasteiger charge is 2.18. The summed E-state index contributed by atoms with van der Waals surface area (Å²) in [6.07, 6.45) is 2.88. The Hall–Kier alpha value is -2.15. The summed E-state index contributed by atoms with van der Waals surface area (Å²) in [4.78, 5) is 17.5. The van der Waals surface area contributed by atoms with Crippen molar-refractivity contribution in [2.75, 3.05) is 45.9 Å². The van der Waals surface area contributed by atoms with Crippen molar-refractivity contribution in [3.8, 4) is 5.75 Å². The van der Waals surface area contributed by atoms with Gasteiger partial charge in [-0.2, -0.15) is 0 Å². The first-order chi connectivity index (χ1) is 14.7. The third kappa shape index (κ3) is 5.72. The van der Waals surface area contributed by atoms with Crippen LogP contribution in [0.25, 0.3) is 6.08 Å². The van der Waals surface area contributed by atoms with Gasteiger partial charge in [-0.25, -0.2) is 0 Å². The SMILES string of the molecule is O=C(NCCCN1CCN(Cc2ccccc2)CC1)C1=Cc2cc(Br)ccc2OC1. The molecule has 1 amide bonds. The van der Waals surface area contributed by atoms with E-state index in [0.29, 0.717) is 18.7 Å². The van der Waals surface area contributed by atoms with Gasteiger partial charge in [-0.05, 0) is 42.8 Å². The van der Waals surface area contributed by atoms with E-state index in [1.165, 1.54) is 5.56 Å². The number of hydrogen-bond acceptors (Lipinski definition) is 4. The number of carbonyl (C=O) groups is 1. The van der Waals surface area contributed by atoms with Crippen molar-refractivity contribution in [3.63, 3.8) is 0 Å². The fourth-order valence-electron chi connectivity index (χ4n) is 3.91. The maximum Gasteiger partial charge on any atom is 0.250 e. The molecule has 0 saturated carbocycles. The second-order valence-corrected chi connectivity index (χ2v) is 8.77. The number of nitrogens with zero attached hydrogens (tertiary/aromatic N) is 2. The van der Waals surface area contributed by atoms with Gasteiger partial charge in [0.15, 0.2) is 0 Å². The lowest BCUT2D eigenvalue weighted by Gasteiger charge is -2.34. The molecular weight excluding hydrogens is 442 g/mol. The van der Waals surface area contributed by atoms with Crippen molar-refractivity contribution < 1.29 is 9.53 Å². The van der Waals surface area contributed by atoms with Crippen LogP contribution in [0.4, 0.5) is 0 Å². The Labute approximate surface area is 186 Å². The molecule has 1 saturated heterocycles. The number of halogens is 1. The van der Waals surface area contributed by atoms with Crippen LogP contribution < -0.4 is 10.1 Å². The molecule has 6 heteroatoms. The van der Waals surface area contributed by atoms with Crippen LogP contribution in [0, 0.1) is 0 Å². The second-order valence-electron chi connectivity index (χ2n) is 7.85. The number of amides is 1. The molecule has 0 bridgehead atoms. The van der Waals surface area contributed by atoms with Gasteiger partial charge < -0.3 is 15.0 Å². The van der Waals surface area contributed by atoms with Crippen LogP contribution in [0.5, 0.6) is 5.75 Å². The summed E-state index contributed by atoms with van der Waals surface area (Å²) in [5.41, 5.74) is 2.99. The number of benzene rings is 2. The second kappa shape index (κ2) is 10.2. The predicted molar refractivity (Wildman–Crippen MR) is 123 cm³/mol. The molecule has 0 spiro atoms. The Morgan fingerprint density at radius 2 is 1.80 bits per heavy atom. The monoisotopic (exact) mass is 469 g/mol. The molecule has 0 atom stereocenters. The first-order valence-corrected chi connectivity index (χ1v) is 11.4. The summed E-state index contributed by atoms with van der Waals surface area (Å²) in [6, 6.07) is 16.5. The zero-order valence-electron chi connectivity index (χ0n) is 17.1. The van der Waals surface area contributed by atoms with Gasteiger partial charge in [0.1, 0.15) is 12.4 Å². The summed E-state index contributed by atoms with van der Waals surface area (Å²) in [5.74, 6) is 0.787. The molecule has 1 N–H and O–H groups in total. The zero-order chi connectivity index (χ0) is 20.8. The molecule has 1 fully saturated rings. The van der Waals surface area contributed by atoms with Crippen LogP contribution in [0.2, 0.25) is 0 Å². The number of ether oxygens (including phenoxy) is 1. The van der Waals surface area contributed by atoms with E-state index in [1.54, 1.807) is 0 Å². The average molecular weight is 470 g/mol. The standard InChI is InChI=1S/C24H28BrN3O2/c25-22-7-8-23-20(16-22)15-21(18-30-23)24(29)26-9-4-10-27-11-13-28(14-12-27)17-19-5-2-1-3-6-19/h1-3,5-8,15-16H,4,9-14,17-18H2,(H,26,29). The molecule has 2 aliphatic rings. The molecular formula is C24H28BrN3O2. The minimum absolute atomic E-state index is 0.0340. The Kier molecular flexibility index (Phi) is 7.20. The summed E-state index contributed by atoms with van der Waals surface area (Å²) in [5, 5.41) is 3.04. The molecule has 4 rings (SSSR count). The normalized spacial score (nSPS) is 17.0. The molecule has 2 heterocycles. The van der Waals surface area contributed by atoms with Crippen molar-refractivity contribution in [2.24, 2.45) is 0 Å². The van der Waals surface area contributed by atoms with Crippen LogP contribution in [-0.4, -0.2) is 61.6 Å². The highest BCUT2D eigenvalue weighted by Crippen LogP contribution is 2.29. The number of fused-ring (bicyclic) bond motifs is 1. The Balaban J connectivity index is 1.15. The van der Waals surface area contributed by atoms with Gasteiger partial charge in [-0.15, -0.1) is 0 Å². The smallest absolute Gasteiger partial charge is 0.250 e. The van der Waals surface area contributed by atoms with Gasteiger partial charge in [-0.1, -0.05) is 46.3 Å². The largest absolute Gasteiger partial charge is 0.488 e. The quantitative estimate of drug-likeness (QED) is 0.629. The number of nitrogens with one attached hydrogen (secondary N) is 1. The third-order valence-electron chi connectivity index (χ3n) is 5.63. The van der Waals surface area contributed by atoms with Gasteiger partial charge in [0.2, 0.25) is 0 Å². The van der Waals surface area contributed by atoms with E-state index in [2.05, 4.69) is 61.4 Å². The van der Waals surface area contributed by atoms with Gasteiger partial charge in [0.25, 0.3) is 5.91 Å². The highest BCUT2D eigenvalue weighted by molar-refractivity contribution is 9.10. The fourth-order valence-corrected chi connectivity index (χ4v) is 4.29. The highest BCUT2D eigenvalue weighted by atomic mass is 79.9. The van der Waals surface area contributed by atoms with E-state index in [1.807, 2.05) is 24.3 Å². The molecule has 0 radical (unpaired) electrons. The Bertz CT molecular complexity index is 893.